The molecule has 21 heavy (non-hydrogen) atoms. The van der Waals surface area contributed by atoms with E-state index in [2.05, 4.69) is 0 Å². The van der Waals surface area contributed by atoms with Crippen LogP contribution < -0.4 is 10.6 Å². The second-order valence-corrected chi connectivity index (χ2v) is 5.07. The van der Waals surface area contributed by atoms with Gasteiger partial charge in [-0.3, -0.25) is 14.9 Å². The molecule has 1 heterocycles. The van der Waals surface area contributed by atoms with Gasteiger partial charge in [-0.1, -0.05) is 6.92 Å². The number of carbonyl (C=O) groups excluding carboxylic acids is 1. The second-order valence-electron chi connectivity index (χ2n) is 5.07. The number of carbonyl (C=O) groups is 2. The van der Waals surface area contributed by atoms with Gasteiger partial charge in [-0.25, -0.2) is 4.79 Å². The first-order chi connectivity index (χ1) is 9.82. The highest BCUT2D eigenvalue weighted by molar-refractivity contribution is 5.94. The van der Waals surface area contributed by atoms with Gasteiger partial charge in [0.1, 0.15) is 11.7 Å². The van der Waals surface area contributed by atoms with Crippen LogP contribution in [0.25, 0.3) is 0 Å². The van der Waals surface area contributed by atoms with Crippen LogP contribution in [-0.4, -0.2) is 34.5 Å². The van der Waals surface area contributed by atoms with Gasteiger partial charge in [0.25, 0.3) is 5.69 Å². The molecule has 0 bridgehead atoms. The molecule has 0 saturated carbocycles. The lowest BCUT2D eigenvalue weighted by Gasteiger charge is -2.25. The summed E-state index contributed by atoms with van der Waals surface area (Å²) in [4.78, 5) is 34.5. The number of benzene rings is 1. The number of hydrogen-bond acceptors (Lipinski definition) is 5. The zero-order valence-corrected chi connectivity index (χ0v) is 11.4. The van der Waals surface area contributed by atoms with Gasteiger partial charge in [0.05, 0.1) is 4.92 Å². The van der Waals surface area contributed by atoms with Gasteiger partial charge in [-0.15, -0.1) is 0 Å². The van der Waals surface area contributed by atoms with Gasteiger partial charge in [0.15, 0.2) is 0 Å². The van der Waals surface area contributed by atoms with Gasteiger partial charge in [-0.05, 0) is 24.5 Å². The van der Waals surface area contributed by atoms with Crippen molar-refractivity contribution in [2.75, 3.05) is 11.4 Å². The summed E-state index contributed by atoms with van der Waals surface area (Å²) in [5.74, 6) is -1.90. The van der Waals surface area contributed by atoms with E-state index in [-0.39, 0.29) is 22.9 Å². The van der Waals surface area contributed by atoms with Crippen LogP contribution in [0.2, 0.25) is 0 Å². The monoisotopic (exact) mass is 293 g/mol. The SMILES string of the molecule is CC1CCN(c2ccc(C(N)=O)cc2[N+](=O)[O-])C1C(=O)O. The number of nitrogens with zero attached hydrogens (tertiary/aromatic N) is 2. The highest BCUT2D eigenvalue weighted by Gasteiger charge is 2.39. The molecule has 3 N–H and O–H groups in total. The molecule has 1 fully saturated rings. The molecule has 1 saturated heterocycles. The molecule has 112 valence electrons. The molecule has 1 aromatic rings. The van der Waals surface area contributed by atoms with Crippen LogP contribution >= 0.6 is 0 Å². The van der Waals surface area contributed by atoms with Gasteiger partial charge >= 0.3 is 5.97 Å². The Kier molecular flexibility index (Phi) is 3.79. The van der Waals surface area contributed by atoms with Crippen LogP contribution in [0.4, 0.5) is 11.4 Å². The molecule has 1 aliphatic rings. The first kappa shape index (κ1) is 14.8. The molecule has 2 unspecified atom stereocenters. The first-order valence-corrected chi connectivity index (χ1v) is 6.40. The third-order valence-corrected chi connectivity index (χ3v) is 3.72. The molecule has 0 aliphatic carbocycles. The van der Waals surface area contributed by atoms with Gasteiger partial charge in [0, 0.05) is 18.2 Å². The van der Waals surface area contributed by atoms with Crippen LogP contribution in [-0.2, 0) is 4.79 Å². The summed E-state index contributed by atoms with van der Waals surface area (Å²) in [5, 5.41) is 20.5. The Hall–Kier alpha value is -2.64. The largest absolute Gasteiger partial charge is 0.480 e. The Morgan fingerprint density at radius 1 is 1.48 bits per heavy atom. The third-order valence-electron chi connectivity index (χ3n) is 3.72. The molecular weight excluding hydrogens is 278 g/mol. The van der Waals surface area contributed by atoms with Crippen LogP contribution in [0, 0.1) is 16.0 Å². The number of primary amides is 1. The number of hydrogen-bond donors (Lipinski definition) is 2. The fourth-order valence-corrected chi connectivity index (χ4v) is 2.66. The second kappa shape index (κ2) is 5.39. The summed E-state index contributed by atoms with van der Waals surface area (Å²) in [6.45, 7) is 2.21. The summed E-state index contributed by atoms with van der Waals surface area (Å²) in [7, 11) is 0. The van der Waals surface area contributed by atoms with E-state index in [1.54, 1.807) is 6.92 Å². The number of anilines is 1. The molecule has 1 aliphatic heterocycles. The zero-order chi connectivity index (χ0) is 15.7. The predicted octanol–water partition coefficient (Wildman–Crippen LogP) is 0.993. The Balaban J connectivity index is 2.50. The average Bonchev–Trinajstić information content (AvgIpc) is 2.79. The lowest BCUT2D eigenvalue weighted by molar-refractivity contribution is -0.384. The quantitative estimate of drug-likeness (QED) is 0.629. The lowest BCUT2D eigenvalue weighted by Crippen LogP contribution is -2.39. The van der Waals surface area contributed by atoms with E-state index in [0.717, 1.165) is 6.07 Å². The highest BCUT2D eigenvalue weighted by Crippen LogP contribution is 2.36. The maximum atomic E-state index is 11.4. The van der Waals surface area contributed by atoms with Crippen molar-refractivity contribution in [1.29, 1.82) is 0 Å². The number of amides is 1. The number of nitrogens with two attached hydrogens (primary N) is 1. The van der Waals surface area contributed by atoms with E-state index < -0.39 is 22.8 Å². The summed E-state index contributed by atoms with van der Waals surface area (Å²) >= 11 is 0. The minimum atomic E-state index is -1.02. The van der Waals surface area contributed by atoms with Crippen LogP contribution in [0.5, 0.6) is 0 Å². The fourth-order valence-electron chi connectivity index (χ4n) is 2.66. The normalized spacial score (nSPS) is 21.3. The van der Waals surface area contributed by atoms with E-state index >= 15 is 0 Å². The molecule has 2 atom stereocenters. The molecule has 8 heteroatoms. The van der Waals surface area contributed by atoms with Crippen molar-refractivity contribution in [3.8, 4) is 0 Å². The Labute approximate surface area is 120 Å². The minimum absolute atomic E-state index is 0.0181. The number of nitro benzene ring substituents is 1. The van der Waals surface area contributed by atoms with Crippen LogP contribution in [0.1, 0.15) is 23.7 Å². The van der Waals surface area contributed by atoms with Crippen molar-refractivity contribution in [2.24, 2.45) is 11.7 Å². The summed E-state index contributed by atoms with van der Waals surface area (Å²) in [6.07, 6.45) is 0.631. The van der Waals surface area contributed by atoms with Crippen molar-refractivity contribution in [1.82, 2.24) is 0 Å². The maximum Gasteiger partial charge on any atom is 0.326 e. The van der Waals surface area contributed by atoms with Crippen molar-refractivity contribution < 1.29 is 19.6 Å². The zero-order valence-electron chi connectivity index (χ0n) is 11.4. The number of carboxylic acids is 1. The molecule has 1 aromatic carbocycles. The Bertz CT molecular complexity index is 616. The minimum Gasteiger partial charge on any atom is -0.480 e. The Morgan fingerprint density at radius 3 is 2.67 bits per heavy atom. The van der Waals surface area contributed by atoms with Crippen molar-refractivity contribution in [3.05, 3.63) is 33.9 Å². The van der Waals surface area contributed by atoms with Crippen molar-refractivity contribution in [3.63, 3.8) is 0 Å². The molecular formula is C13H15N3O5. The highest BCUT2D eigenvalue weighted by atomic mass is 16.6. The molecule has 8 nitrogen and oxygen atoms in total. The van der Waals surface area contributed by atoms with Gasteiger partial charge < -0.3 is 15.7 Å². The van der Waals surface area contributed by atoms with Crippen molar-refractivity contribution in [2.45, 2.75) is 19.4 Å². The number of carboxylic acid groups (broad SMARTS) is 1. The van der Waals surface area contributed by atoms with Gasteiger partial charge in [-0.2, -0.15) is 0 Å². The smallest absolute Gasteiger partial charge is 0.326 e. The third kappa shape index (κ3) is 2.64. The summed E-state index contributed by atoms with van der Waals surface area (Å²) < 4.78 is 0. The van der Waals surface area contributed by atoms with Crippen molar-refractivity contribution >= 4 is 23.3 Å². The van der Waals surface area contributed by atoms with E-state index in [4.69, 9.17) is 5.73 Å². The number of aliphatic carboxylic acids is 1. The van der Waals surface area contributed by atoms with E-state index in [9.17, 15) is 24.8 Å². The lowest BCUT2D eigenvalue weighted by atomic mass is 10.0. The van der Waals surface area contributed by atoms with Crippen LogP contribution in [0.15, 0.2) is 18.2 Å². The average molecular weight is 293 g/mol. The number of nitro groups is 1. The van der Waals surface area contributed by atoms with Gasteiger partial charge in [0.2, 0.25) is 5.91 Å². The molecule has 1 amide bonds. The molecule has 0 spiro atoms. The Morgan fingerprint density at radius 2 is 2.14 bits per heavy atom. The molecule has 0 radical (unpaired) electrons. The summed E-state index contributed by atoms with van der Waals surface area (Å²) in [5.41, 5.74) is 5.02. The molecule has 0 aromatic heterocycles. The topological polar surface area (TPSA) is 127 Å². The standard InChI is InChI=1S/C13H15N3O5/c1-7-4-5-15(11(7)13(18)19)9-3-2-8(12(14)17)6-10(9)16(20)21/h2-3,6-7,11H,4-5H2,1H3,(H2,14,17)(H,18,19). The fraction of sp³-hybridized carbons (Fsp3) is 0.385. The number of rotatable bonds is 4. The van der Waals surface area contributed by atoms with E-state index in [1.165, 1.54) is 17.0 Å². The van der Waals surface area contributed by atoms with E-state index in [1.807, 2.05) is 0 Å². The van der Waals surface area contributed by atoms with Crippen LogP contribution in [0.3, 0.4) is 0 Å². The predicted molar refractivity (Wildman–Crippen MR) is 74.2 cm³/mol. The van der Waals surface area contributed by atoms with E-state index in [0.29, 0.717) is 13.0 Å². The first-order valence-electron chi connectivity index (χ1n) is 6.40. The summed E-state index contributed by atoms with van der Waals surface area (Å²) in [6, 6.07) is 3.02. The molecule has 2 rings (SSSR count). The maximum absolute atomic E-state index is 11.4.